The Kier molecular flexibility index (Phi) is 5.42. The summed E-state index contributed by atoms with van der Waals surface area (Å²) in [4.78, 5) is 4.99. The van der Waals surface area contributed by atoms with Crippen LogP contribution in [0.3, 0.4) is 0 Å². The van der Waals surface area contributed by atoms with E-state index in [0.29, 0.717) is 12.6 Å². The number of alkyl halides is 3. The van der Waals surface area contributed by atoms with Crippen molar-refractivity contribution in [3.63, 3.8) is 0 Å². The summed E-state index contributed by atoms with van der Waals surface area (Å²) in [6.07, 6.45) is -1.90. The molecule has 0 saturated carbocycles. The summed E-state index contributed by atoms with van der Waals surface area (Å²) < 4.78 is 38.0. The van der Waals surface area contributed by atoms with Gasteiger partial charge in [0.2, 0.25) is 0 Å². The molecule has 1 atom stereocenters. The van der Waals surface area contributed by atoms with E-state index >= 15 is 0 Å². The Hall–Kier alpha value is -1.11. The van der Waals surface area contributed by atoms with Crippen molar-refractivity contribution < 1.29 is 13.2 Å². The Morgan fingerprint density at radius 2 is 1.76 bits per heavy atom. The first-order valence-corrected chi connectivity index (χ1v) is 9.14. The van der Waals surface area contributed by atoms with E-state index in [2.05, 4.69) is 29.0 Å². The first kappa shape index (κ1) is 18.7. The Morgan fingerprint density at radius 3 is 2.32 bits per heavy atom. The second-order valence-corrected chi connectivity index (χ2v) is 7.71. The molecule has 2 aliphatic rings. The van der Waals surface area contributed by atoms with Gasteiger partial charge in [-0.3, -0.25) is 9.80 Å². The summed E-state index contributed by atoms with van der Waals surface area (Å²) in [6, 6.07) is 5.99. The third kappa shape index (κ3) is 4.36. The van der Waals surface area contributed by atoms with Crippen molar-refractivity contribution in [2.75, 3.05) is 32.7 Å². The zero-order valence-electron chi connectivity index (χ0n) is 15.1. The van der Waals surface area contributed by atoms with Crippen LogP contribution in [-0.2, 0) is 12.7 Å². The molecule has 3 rings (SSSR count). The molecule has 25 heavy (non-hydrogen) atoms. The van der Waals surface area contributed by atoms with Crippen LogP contribution < -0.4 is 5.32 Å². The van der Waals surface area contributed by atoms with Crippen molar-refractivity contribution in [2.24, 2.45) is 0 Å². The molecule has 2 saturated heterocycles. The molecule has 1 N–H and O–H groups in total. The zero-order valence-corrected chi connectivity index (χ0v) is 15.1. The van der Waals surface area contributed by atoms with Crippen molar-refractivity contribution in [2.45, 2.75) is 51.0 Å². The minimum atomic E-state index is -4.26. The van der Waals surface area contributed by atoms with Gasteiger partial charge >= 0.3 is 6.18 Å². The van der Waals surface area contributed by atoms with Crippen LogP contribution in [0.25, 0.3) is 0 Å². The van der Waals surface area contributed by atoms with Crippen LogP contribution in [-0.4, -0.2) is 54.1 Å². The van der Waals surface area contributed by atoms with Crippen LogP contribution in [0.1, 0.15) is 37.8 Å². The predicted molar refractivity (Wildman–Crippen MR) is 93.4 cm³/mol. The zero-order chi connectivity index (χ0) is 18.1. The largest absolute Gasteiger partial charge is 0.416 e. The van der Waals surface area contributed by atoms with E-state index in [4.69, 9.17) is 0 Å². The molecule has 0 aromatic heterocycles. The lowest BCUT2D eigenvalue weighted by molar-refractivity contribution is -0.137. The minimum absolute atomic E-state index is 0.278. The van der Waals surface area contributed by atoms with Crippen molar-refractivity contribution in [3.05, 3.63) is 35.4 Å². The van der Waals surface area contributed by atoms with Crippen LogP contribution in [0.4, 0.5) is 13.2 Å². The van der Waals surface area contributed by atoms with E-state index in [1.165, 1.54) is 25.0 Å². The first-order chi connectivity index (χ1) is 11.8. The molecular formula is C19H28F3N3. The van der Waals surface area contributed by atoms with E-state index < -0.39 is 11.7 Å². The quantitative estimate of drug-likeness (QED) is 0.897. The second kappa shape index (κ2) is 7.25. The van der Waals surface area contributed by atoms with Crippen LogP contribution in [0.5, 0.6) is 0 Å². The van der Waals surface area contributed by atoms with Crippen molar-refractivity contribution in [1.29, 1.82) is 0 Å². The second-order valence-electron chi connectivity index (χ2n) is 7.71. The van der Waals surface area contributed by atoms with E-state index in [1.807, 2.05) is 0 Å². The molecule has 1 aromatic rings. The van der Waals surface area contributed by atoms with E-state index in [-0.39, 0.29) is 5.54 Å². The van der Waals surface area contributed by atoms with Gasteiger partial charge in [0.05, 0.1) is 5.56 Å². The Balaban J connectivity index is 1.58. The van der Waals surface area contributed by atoms with Crippen LogP contribution in [0.2, 0.25) is 0 Å². The maximum absolute atomic E-state index is 12.7. The molecule has 2 aliphatic heterocycles. The molecule has 6 heteroatoms. The average Bonchev–Trinajstić information content (AvgIpc) is 2.57. The smallest absolute Gasteiger partial charge is 0.317 e. The van der Waals surface area contributed by atoms with Gasteiger partial charge in [0.1, 0.15) is 0 Å². The monoisotopic (exact) mass is 355 g/mol. The Bertz CT molecular complexity index is 564. The van der Waals surface area contributed by atoms with Crippen LogP contribution in [0.15, 0.2) is 24.3 Å². The summed E-state index contributed by atoms with van der Waals surface area (Å²) in [6.45, 7) is 10.5. The summed E-state index contributed by atoms with van der Waals surface area (Å²) >= 11 is 0. The molecule has 0 unspecified atom stereocenters. The normalized spacial score (nSPS) is 25.9. The van der Waals surface area contributed by atoms with Gasteiger partial charge in [0, 0.05) is 37.8 Å². The lowest BCUT2D eigenvalue weighted by Crippen LogP contribution is -2.61. The molecule has 3 nitrogen and oxygen atoms in total. The van der Waals surface area contributed by atoms with Crippen LogP contribution in [0, 0.1) is 0 Å². The van der Waals surface area contributed by atoms with Crippen molar-refractivity contribution in [1.82, 2.24) is 15.1 Å². The standard InChI is InChI=1S/C19H28F3N3/c1-15-13-25(18(2)7-9-23-10-8-18)12-11-24(15)14-16-3-5-17(6-4-16)19(20,21)22/h3-6,15,23H,7-14H2,1-2H3/t15-/m0/s1. The molecular weight excluding hydrogens is 327 g/mol. The van der Waals surface area contributed by atoms with Crippen LogP contribution >= 0.6 is 0 Å². The van der Waals surface area contributed by atoms with Crippen molar-refractivity contribution >= 4 is 0 Å². The van der Waals surface area contributed by atoms with Gasteiger partial charge in [-0.2, -0.15) is 13.2 Å². The third-order valence-corrected chi connectivity index (χ3v) is 5.88. The molecule has 0 aliphatic carbocycles. The number of hydrogen-bond acceptors (Lipinski definition) is 3. The summed E-state index contributed by atoms with van der Waals surface area (Å²) in [5.41, 5.74) is 0.647. The number of piperidine rings is 1. The van der Waals surface area contributed by atoms with Gasteiger partial charge in [0.15, 0.2) is 0 Å². The number of nitrogens with one attached hydrogen (secondary N) is 1. The highest BCUT2D eigenvalue weighted by atomic mass is 19.4. The maximum atomic E-state index is 12.7. The van der Waals surface area contributed by atoms with Crippen molar-refractivity contribution in [3.8, 4) is 0 Å². The fourth-order valence-corrected chi connectivity index (χ4v) is 4.04. The van der Waals surface area contributed by atoms with Gasteiger partial charge in [-0.1, -0.05) is 12.1 Å². The lowest BCUT2D eigenvalue weighted by Gasteiger charge is -2.50. The van der Waals surface area contributed by atoms with E-state index in [1.54, 1.807) is 12.1 Å². The number of rotatable bonds is 3. The highest BCUT2D eigenvalue weighted by Gasteiger charge is 2.37. The Labute approximate surface area is 148 Å². The molecule has 1 aromatic carbocycles. The SMILES string of the molecule is C[C@H]1CN(C2(C)CCNCC2)CCN1Cc1ccc(C(F)(F)F)cc1. The number of piperazine rings is 1. The number of benzene rings is 1. The molecule has 2 fully saturated rings. The summed E-state index contributed by atoms with van der Waals surface area (Å²) in [5, 5.41) is 3.43. The molecule has 0 bridgehead atoms. The highest BCUT2D eigenvalue weighted by Crippen LogP contribution is 2.30. The fourth-order valence-electron chi connectivity index (χ4n) is 4.04. The highest BCUT2D eigenvalue weighted by molar-refractivity contribution is 5.24. The maximum Gasteiger partial charge on any atom is 0.416 e. The minimum Gasteiger partial charge on any atom is -0.317 e. The molecule has 140 valence electrons. The van der Waals surface area contributed by atoms with Gasteiger partial charge in [-0.25, -0.2) is 0 Å². The van der Waals surface area contributed by atoms with Gasteiger partial charge in [0.25, 0.3) is 0 Å². The van der Waals surface area contributed by atoms with Gasteiger partial charge in [-0.15, -0.1) is 0 Å². The lowest BCUT2D eigenvalue weighted by atomic mass is 9.87. The number of hydrogen-bond donors (Lipinski definition) is 1. The topological polar surface area (TPSA) is 18.5 Å². The third-order valence-electron chi connectivity index (χ3n) is 5.88. The molecule has 0 radical (unpaired) electrons. The average molecular weight is 355 g/mol. The van der Waals surface area contributed by atoms with E-state index in [0.717, 1.165) is 38.3 Å². The van der Waals surface area contributed by atoms with Gasteiger partial charge in [-0.05, 0) is 57.5 Å². The summed E-state index contributed by atoms with van der Waals surface area (Å²) in [5.74, 6) is 0. The first-order valence-electron chi connectivity index (χ1n) is 9.14. The molecule has 2 heterocycles. The van der Waals surface area contributed by atoms with E-state index in [9.17, 15) is 13.2 Å². The number of halogens is 3. The number of nitrogens with zero attached hydrogens (tertiary/aromatic N) is 2. The molecule has 0 spiro atoms. The Morgan fingerprint density at radius 1 is 1.12 bits per heavy atom. The predicted octanol–water partition coefficient (Wildman–Crippen LogP) is 3.35. The fraction of sp³-hybridized carbons (Fsp3) is 0.684. The van der Waals surface area contributed by atoms with Gasteiger partial charge < -0.3 is 5.32 Å². The summed E-state index contributed by atoms with van der Waals surface area (Å²) in [7, 11) is 0. The molecule has 0 amide bonds.